The molecule has 0 radical (unpaired) electrons. The van der Waals surface area contributed by atoms with Crippen LogP contribution in [-0.4, -0.2) is 57.1 Å². The summed E-state index contributed by atoms with van der Waals surface area (Å²) in [4.78, 5) is 34.3. The minimum atomic E-state index is -4.29. The van der Waals surface area contributed by atoms with Gasteiger partial charge in [0, 0.05) is 49.1 Å². The number of amides is 2. The van der Waals surface area contributed by atoms with Crippen molar-refractivity contribution in [3.8, 4) is 11.5 Å². The average Bonchev–Trinajstić information content (AvgIpc) is 2.94. The van der Waals surface area contributed by atoms with Crippen LogP contribution in [0.3, 0.4) is 0 Å². The molecule has 3 rings (SSSR count). The van der Waals surface area contributed by atoms with Crippen molar-refractivity contribution in [1.82, 2.24) is 10.6 Å². The Morgan fingerprint density at radius 1 is 1.23 bits per heavy atom. The van der Waals surface area contributed by atoms with Gasteiger partial charge < -0.3 is 25.0 Å². The zero-order chi connectivity index (χ0) is 32.6. The number of benzene rings is 2. The number of anilines is 1. The van der Waals surface area contributed by atoms with Gasteiger partial charge in [-0.1, -0.05) is 29.8 Å². The first-order chi connectivity index (χ1) is 20.2. The van der Waals surface area contributed by atoms with E-state index in [4.69, 9.17) is 32.7 Å². The molecule has 8 nitrogen and oxygen atoms in total. The topological polar surface area (TPSA) is 97.0 Å². The highest BCUT2D eigenvalue weighted by Gasteiger charge is 2.31. The predicted molar refractivity (Wildman–Crippen MR) is 158 cm³/mol. The van der Waals surface area contributed by atoms with Crippen molar-refractivity contribution in [2.24, 2.45) is 0 Å². The number of carbonyl (C=O) groups is 3. The summed E-state index contributed by atoms with van der Waals surface area (Å²) in [5.74, 6) is -0.133. The quantitative estimate of drug-likeness (QED) is 0.213. The third-order valence-electron chi connectivity index (χ3n) is 5.62. The van der Waals surface area contributed by atoms with Crippen LogP contribution < -0.4 is 25.0 Å². The highest BCUT2D eigenvalue weighted by atomic mass is 35.5. The summed E-state index contributed by atoms with van der Waals surface area (Å²) in [6.45, 7) is 7.98. The van der Waals surface area contributed by atoms with Crippen molar-refractivity contribution in [2.75, 3.05) is 25.1 Å². The fraction of sp³-hybridized carbons (Fsp3) is 0.414. The first-order valence-corrected chi connectivity index (χ1v) is 13.9. The van der Waals surface area contributed by atoms with Gasteiger partial charge in [0.15, 0.2) is 12.4 Å². The van der Waals surface area contributed by atoms with E-state index in [2.05, 4.69) is 17.2 Å². The lowest BCUT2D eigenvalue weighted by Crippen LogP contribution is -2.44. The summed E-state index contributed by atoms with van der Waals surface area (Å²) in [5, 5.41) is 6.01. The summed E-state index contributed by atoms with van der Waals surface area (Å²) in [7, 11) is 1.82. The number of nitrogens with one attached hydrogen (secondary N) is 2. The fourth-order valence-corrected chi connectivity index (χ4v) is 3.83. The summed E-state index contributed by atoms with van der Waals surface area (Å²) < 4.78 is 59.6. The maximum Gasteiger partial charge on any atom is 0.389 e. The van der Waals surface area contributed by atoms with Crippen molar-refractivity contribution >= 4 is 47.5 Å². The maximum absolute atomic E-state index is 12.7. The van der Waals surface area contributed by atoms with Gasteiger partial charge in [-0.15, -0.1) is 0 Å². The number of alkyl halides is 3. The maximum atomic E-state index is 12.7. The van der Waals surface area contributed by atoms with Crippen LogP contribution in [0.4, 0.5) is 23.2 Å². The van der Waals surface area contributed by atoms with Crippen molar-refractivity contribution in [1.29, 1.82) is 0 Å². The van der Waals surface area contributed by atoms with Crippen molar-refractivity contribution in [3.05, 3.63) is 64.5 Å². The molecule has 0 spiro atoms. The molecule has 0 aromatic heterocycles. The Bertz CT molecular complexity index is 1220. The van der Waals surface area contributed by atoms with Gasteiger partial charge in [0.25, 0.3) is 0 Å². The van der Waals surface area contributed by atoms with Crippen molar-refractivity contribution in [2.45, 2.75) is 57.9 Å². The minimum Gasteiger partial charge on any atom is -0.494 e. The molecule has 0 aliphatic carbocycles. The number of halogens is 6. The van der Waals surface area contributed by atoms with Crippen LogP contribution in [0.1, 0.15) is 39.5 Å². The number of hydrogen-bond donors (Lipinski definition) is 2. The summed E-state index contributed by atoms with van der Waals surface area (Å²) in [6.07, 6.45) is -4.71. The van der Waals surface area contributed by atoms with Gasteiger partial charge in [-0.05, 0) is 50.6 Å². The van der Waals surface area contributed by atoms with Crippen LogP contribution in [-0.2, 0) is 14.4 Å². The van der Waals surface area contributed by atoms with Gasteiger partial charge in [-0.3, -0.25) is 14.4 Å². The minimum absolute atomic E-state index is 0.0400. The Hall–Kier alpha value is -3.51. The molecule has 238 valence electrons. The smallest absolute Gasteiger partial charge is 0.389 e. The molecule has 2 unspecified atom stereocenters. The van der Waals surface area contributed by atoms with E-state index in [1.165, 1.54) is 29.2 Å². The number of carbonyl (C=O) groups excluding carboxylic acids is 3. The van der Waals surface area contributed by atoms with E-state index in [-0.39, 0.29) is 30.5 Å². The average molecular weight is 653 g/mol. The lowest BCUT2D eigenvalue weighted by Gasteiger charge is -2.33. The van der Waals surface area contributed by atoms with E-state index in [0.717, 1.165) is 12.1 Å². The molecular formula is C29H35Cl2F4N3O5. The zero-order valence-electron chi connectivity index (χ0n) is 24.0. The Labute approximate surface area is 258 Å². The molecule has 14 heteroatoms. The first-order valence-electron chi connectivity index (χ1n) is 13.2. The highest BCUT2D eigenvalue weighted by Crippen LogP contribution is 2.36. The lowest BCUT2D eigenvalue weighted by molar-refractivity contribution is -0.137. The molecular weight excluding hydrogens is 617 g/mol. The van der Waals surface area contributed by atoms with Crippen LogP contribution in [0.2, 0.25) is 10.0 Å². The van der Waals surface area contributed by atoms with Crippen molar-refractivity contribution < 1.29 is 41.4 Å². The third kappa shape index (κ3) is 14.5. The third-order valence-corrected chi connectivity index (χ3v) is 6.16. The second-order valence-corrected chi connectivity index (χ2v) is 9.97. The second kappa shape index (κ2) is 18.9. The molecule has 0 saturated carbocycles. The Kier molecular flexibility index (Phi) is 16.5. The van der Waals surface area contributed by atoms with Crippen LogP contribution in [0.15, 0.2) is 48.7 Å². The molecule has 43 heavy (non-hydrogen) atoms. The summed E-state index contributed by atoms with van der Waals surface area (Å²) in [6, 6.07) is 9.09. The van der Waals surface area contributed by atoms with Gasteiger partial charge >= 0.3 is 6.18 Å². The predicted octanol–water partition coefficient (Wildman–Crippen LogP) is 6.49. The van der Waals surface area contributed by atoms with Gasteiger partial charge in [-0.2, -0.15) is 13.2 Å². The van der Waals surface area contributed by atoms with E-state index >= 15 is 0 Å². The fourth-order valence-electron chi connectivity index (χ4n) is 3.54. The molecule has 1 heterocycles. The normalized spacial score (nSPS) is 14.3. The van der Waals surface area contributed by atoms with E-state index in [9.17, 15) is 31.9 Å². The Balaban J connectivity index is 0.000000368. The van der Waals surface area contributed by atoms with Gasteiger partial charge in [0.1, 0.15) is 17.3 Å². The van der Waals surface area contributed by atoms with Crippen LogP contribution in [0, 0.1) is 5.82 Å². The van der Waals surface area contributed by atoms with Gasteiger partial charge in [0.2, 0.25) is 12.3 Å². The number of fused-ring (bicyclic) bond motifs is 1. The van der Waals surface area contributed by atoms with E-state index < -0.39 is 30.4 Å². The van der Waals surface area contributed by atoms with Crippen LogP contribution in [0.5, 0.6) is 11.5 Å². The molecule has 0 saturated heterocycles. The molecule has 1 aliphatic heterocycles. The van der Waals surface area contributed by atoms with Crippen LogP contribution in [0.25, 0.3) is 0 Å². The number of nitrogens with zero attached hydrogens (tertiary/aromatic N) is 1. The number of rotatable bonds is 11. The summed E-state index contributed by atoms with van der Waals surface area (Å²) in [5.41, 5.74) is 1.30. The first kappa shape index (κ1) is 37.5. The molecule has 1 aliphatic rings. The van der Waals surface area contributed by atoms with Gasteiger partial charge in [0.05, 0.1) is 23.9 Å². The highest BCUT2D eigenvalue weighted by molar-refractivity contribution is 6.31. The Morgan fingerprint density at radius 2 is 1.93 bits per heavy atom. The van der Waals surface area contributed by atoms with E-state index in [1.807, 2.05) is 20.9 Å². The number of ether oxygens (including phenoxy) is 2. The standard InChI is InChI=1S/C14H13ClF3NO3.C8H8ClFO.C7H14N2O/c15-9-3-4-12-11(6-9)19(7-10(8-20)22-12)13(21)2-1-5-14(16,17)18;1-2-11-6-3-4-7(9)8(10)5-6;1-6(8-3)4-7(2)9-5-10/h3-4,6,8,10H,1-2,5,7H2;3-5H,2H2,1H3;5,7-8H,1,4H2,2-3H3,(H,9,10). The Morgan fingerprint density at radius 3 is 2.49 bits per heavy atom. The molecule has 2 atom stereocenters. The lowest BCUT2D eigenvalue weighted by atomic mass is 10.1. The largest absolute Gasteiger partial charge is 0.494 e. The molecule has 2 aromatic carbocycles. The number of aldehydes is 1. The molecule has 2 aromatic rings. The van der Waals surface area contributed by atoms with E-state index in [1.54, 1.807) is 12.1 Å². The second-order valence-electron chi connectivity index (χ2n) is 9.13. The van der Waals surface area contributed by atoms with Crippen LogP contribution >= 0.6 is 23.2 Å². The van der Waals surface area contributed by atoms with Crippen molar-refractivity contribution in [3.63, 3.8) is 0 Å². The zero-order valence-corrected chi connectivity index (χ0v) is 25.5. The SMILES string of the molecule is C=C(CC(C)NC=O)NC.CCOc1ccc(Cl)c(F)c1.O=CC1CN(C(=O)CCCC(F)(F)F)c2cc(Cl)ccc2O1. The van der Waals surface area contributed by atoms with Gasteiger partial charge in [-0.25, -0.2) is 4.39 Å². The molecule has 0 bridgehead atoms. The monoisotopic (exact) mass is 651 g/mol. The molecule has 2 amide bonds. The number of hydrogen-bond acceptors (Lipinski definition) is 6. The summed E-state index contributed by atoms with van der Waals surface area (Å²) >= 11 is 11.3. The van der Waals surface area contributed by atoms with E-state index in [0.29, 0.717) is 41.5 Å². The molecule has 0 fully saturated rings. The molecule has 2 N–H and O–H groups in total.